The van der Waals surface area contributed by atoms with Crippen molar-refractivity contribution in [1.29, 1.82) is 0 Å². The first-order valence-electron chi connectivity index (χ1n) is 5.82. The molecule has 4 rings (SSSR count). The molecule has 1 aliphatic heterocycles. The van der Waals surface area contributed by atoms with Crippen molar-refractivity contribution in [1.82, 2.24) is 9.55 Å². The van der Waals surface area contributed by atoms with Crippen molar-refractivity contribution in [2.24, 2.45) is 0 Å². The van der Waals surface area contributed by atoms with E-state index in [2.05, 4.69) is 15.6 Å². The van der Waals surface area contributed by atoms with Crippen LogP contribution in [0.5, 0.6) is 11.5 Å². The fourth-order valence-electron chi connectivity index (χ4n) is 2.31. The number of benzene rings is 2. The summed E-state index contributed by atoms with van der Waals surface area (Å²) >= 11 is 0. The van der Waals surface area contributed by atoms with Crippen molar-refractivity contribution in [3.63, 3.8) is 0 Å². The monoisotopic (exact) mass is 234 g/mol. The molecular weight excluding hydrogens is 224 g/mol. The Labute approximate surface area is 104 Å². The van der Waals surface area contributed by atoms with E-state index < -0.39 is 0 Å². The molecule has 1 aromatic heterocycles. The van der Waals surface area contributed by atoms with E-state index in [-0.39, 0.29) is 0 Å². The molecule has 0 saturated heterocycles. The van der Waals surface area contributed by atoms with Gasteiger partial charge in [-0.1, -0.05) is 24.3 Å². The molecule has 0 bridgehead atoms. The zero-order valence-electron chi connectivity index (χ0n) is 9.58. The molecule has 0 saturated carbocycles. The highest BCUT2D eigenvalue weighted by atomic mass is 16.5. The number of imidazole rings is 1. The molecule has 0 radical (unpaired) electrons. The lowest BCUT2D eigenvalue weighted by Gasteiger charge is -2.07. The van der Waals surface area contributed by atoms with E-state index >= 15 is 0 Å². The summed E-state index contributed by atoms with van der Waals surface area (Å²) in [4.78, 5) is 4.25. The molecule has 3 aromatic rings. The summed E-state index contributed by atoms with van der Waals surface area (Å²) in [6.45, 7) is 0. The largest absolute Gasteiger partial charge is 0.454 e. The van der Waals surface area contributed by atoms with E-state index in [0.717, 1.165) is 28.4 Å². The molecule has 0 N–H and O–H groups in total. The van der Waals surface area contributed by atoms with Gasteiger partial charge in [0.15, 0.2) is 5.75 Å². The standard InChI is InChI=1S/C15H10N2O/c1-3-7-14-11(5-1)13-9-16-10-17(13)12-6-2-4-8-15(12)18-14/h1-10H. The number of fused-ring (bicyclic) bond motifs is 5. The normalized spacial score (nSPS) is 11.8. The summed E-state index contributed by atoms with van der Waals surface area (Å²) in [5.74, 6) is 1.71. The maximum Gasteiger partial charge on any atom is 0.151 e. The number of aromatic nitrogens is 2. The molecule has 0 fully saturated rings. The topological polar surface area (TPSA) is 27.1 Å². The van der Waals surface area contributed by atoms with E-state index in [4.69, 9.17) is 4.74 Å². The quantitative estimate of drug-likeness (QED) is 0.464. The Morgan fingerprint density at radius 1 is 0.889 bits per heavy atom. The minimum atomic E-state index is 0.849. The van der Waals surface area contributed by atoms with Crippen LogP contribution in [0.1, 0.15) is 0 Å². The summed E-state index contributed by atoms with van der Waals surface area (Å²) in [7, 11) is 0. The maximum absolute atomic E-state index is 5.99. The highest BCUT2D eigenvalue weighted by Gasteiger charge is 2.19. The fourth-order valence-corrected chi connectivity index (χ4v) is 2.31. The highest BCUT2D eigenvalue weighted by Crippen LogP contribution is 2.40. The number of para-hydroxylation sites is 3. The van der Waals surface area contributed by atoms with Crippen LogP contribution in [0.2, 0.25) is 0 Å². The third-order valence-corrected chi connectivity index (χ3v) is 3.15. The molecule has 1 aliphatic rings. The lowest BCUT2D eigenvalue weighted by molar-refractivity contribution is 0.485. The second kappa shape index (κ2) is 3.47. The van der Waals surface area contributed by atoms with Crippen LogP contribution in [0.15, 0.2) is 61.1 Å². The first-order valence-corrected chi connectivity index (χ1v) is 5.82. The zero-order chi connectivity index (χ0) is 11.9. The highest BCUT2D eigenvalue weighted by molar-refractivity contribution is 5.72. The van der Waals surface area contributed by atoms with Crippen molar-refractivity contribution >= 4 is 0 Å². The van der Waals surface area contributed by atoms with Gasteiger partial charge in [0, 0.05) is 5.56 Å². The zero-order valence-corrected chi connectivity index (χ0v) is 9.58. The van der Waals surface area contributed by atoms with Gasteiger partial charge in [-0.3, -0.25) is 4.57 Å². The lowest BCUT2D eigenvalue weighted by Crippen LogP contribution is -1.93. The van der Waals surface area contributed by atoms with Crippen molar-refractivity contribution in [3.8, 4) is 28.4 Å². The van der Waals surface area contributed by atoms with E-state index in [1.165, 1.54) is 0 Å². The Morgan fingerprint density at radius 3 is 2.61 bits per heavy atom. The van der Waals surface area contributed by atoms with Gasteiger partial charge in [0.1, 0.15) is 5.75 Å². The summed E-state index contributed by atoms with van der Waals surface area (Å²) in [6.07, 6.45) is 3.68. The molecule has 2 heterocycles. The smallest absolute Gasteiger partial charge is 0.151 e. The number of hydrogen-bond donors (Lipinski definition) is 0. The number of hydrogen-bond acceptors (Lipinski definition) is 2. The van der Waals surface area contributed by atoms with Crippen LogP contribution in [0.3, 0.4) is 0 Å². The molecule has 3 heteroatoms. The Bertz CT molecular complexity index is 671. The van der Waals surface area contributed by atoms with Crippen LogP contribution < -0.4 is 4.74 Å². The third-order valence-electron chi connectivity index (χ3n) is 3.15. The first-order chi connectivity index (χ1) is 8.93. The van der Waals surface area contributed by atoms with E-state index in [9.17, 15) is 0 Å². The van der Waals surface area contributed by atoms with Gasteiger partial charge >= 0.3 is 0 Å². The summed E-state index contributed by atoms with van der Waals surface area (Å²) < 4.78 is 8.05. The van der Waals surface area contributed by atoms with E-state index in [0.29, 0.717) is 0 Å². The van der Waals surface area contributed by atoms with Gasteiger partial charge in [0.05, 0.1) is 23.9 Å². The average molecular weight is 234 g/mol. The molecule has 18 heavy (non-hydrogen) atoms. The van der Waals surface area contributed by atoms with Crippen LogP contribution in [0, 0.1) is 0 Å². The summed E-state index contributed by atoms with van der Waals surface area (Å²) in [5.41, 5.74) is 3.13. The van der Waals surface area contributed by atoms with E-state index in [1.807, 2.05) is 55.0 Å². The molecule has 0 unspecified atom stereocenters. The first kappa shape index (κ1) is 9.48. The van der Waals surface area contributed by atoms with Gasteiger partial charge in [-0.2, -0.15) is 0 Å². The van der Waals surface area contributed by atoms with Gasteiger partial charge in [0.25, 0.3) is 0 Å². The van der Waals surface area contributed by atoms with Crippen LogP contribution in [0.4, 0.5) is 0 Å². The van der Waals surface area contributed by atoms with Crippen LogP contribution in [-0.4, -0.2) is 9.55 Å². The lowest BCUT2D eigenvalue weighted by atomic mass is 10.1. The Morgan fingerprint density at radius 2 is 1.67 bits per heavy atom. The molecule has 0 aliphatic carbocycles. The van der Waals surface area contributed by atoms with Crippen molar-refractivity contribution in [3.05, 3.63) is 61.1 Å². The van der Waals surface area contributed by atoms with Crippen LogP contribution in [-0.2, 0) is 0 Å². The fraction of sp³-hybridized carbons (Fsp3) is 0. The maximum atomic E-state index is 5.99. The second-order valence-corrected chi connectivity index (χ2v) is 4.21. The van der Waals surface area contributed by atoms with Crippen LogP contribution in [0.25, 0.3) is 16.9 Å². The SMILES string of the molecule is c1ccc2c(c1)Oc1ccccc1-n1cncc1-2. The molecule has 86 valence electrons. The van der Waals surface area contributed by atoms with Gasteiger partial charge in [-0.05, 0) is 24.3 Å². The number of nitrogens with zero attached hydrogens (tertiary/aromatic N) is 2. The van der Waals surface area contributed by atoms with Gasteiger partial charge in [-0.25, -0.2) is 4.98 Å². The van der Waals surface area contributed by atoms with Crippen molar-refractivity contribution in [2.45, 2.75) is 0 Å². The van der Waals surface area contributed by atoms with Crippen molar-refractivity contribution < 1.29 is 4.74 Å². The molecule has 0 spiro atoms. The van der Waals surface area contributed by atoms with Gasteiger partial charge in [-0.15, -0.1) is 0 Å². The molecule has 0 amide bonds. The minimum Gasteiger partial charge on any atom is -0.454 e. The average Bonchev–Trinajstić information content (AvgIpc) is 2.84. The Kier molecular flexibility index (Phi) is 1.83. The Hall–Kier alpha value is -2.55. The van der Waals surface area contributed by atoms with E-state index in [1.54, 1.807) is 0 Å². The molecular formula is C15H10N2O. The molecule has 3 nitrogen and oxygen atoms in total. The third kappa shape index (κ3) is 1.21. The number of rotatable bonds is 0. The van der Waals surface area contributed by atoms with Gasteiger partial charge in [0.2, 0.25) is 0 Å². The predicted octanol–water partition coefficient (Wildman–Crippen LogP) is 3.65. The van der Waals surface area contributed by atoms with Gasteiger partial charge < -0.3 is 4.74 Å². The molecule has 2 aromatic carbocycles. The van der Waals surface area contributed by atoms with Crippen molar-refractivity contribution in [2.75, 3.05) is 0 Å². The number of ether oxygens (including phenoxy) is 1. The molecule has 0 atom stereocenters. The minimum absolute atomic E-state index is 0.849. The van der Waals surface area contributed by atoms with Crippen LogP contribution >= 0.6 is 0 Å². The predicted molar refractivity (Wildman–Crippen MR) is 69.1 cm³/mol. The summed E-state index contributed by atoms with van der Waals surface area (Å²) in [6, 6.07) is 16.0. The Balaban J connectivity index is 2.12. The summed E-state index contributed by atoms with van der Waals surface area (Å²) in [5, 5.41) is 0. The second-order valence-electron chi connectivity index (χ2n) is 4.21.